The number of carbonyl (C=O) groups is 1. The molecular weight excluding hydrogens is 302 g/mol. The number of aryl methyl sites for hydroxylation is 1. The molecule has 0 aliphatic carbocycles. The van der Waals surface area contributed by atoms with E-state index in [2.05, 4.69) is 15.1 Å². The molecule has 1 aromatic carbocycles. The summed E-state index contributed by atoms with van der Waals surface area (Å²) >= 11 is 0. The van der Waals surface area contributed by atoms with Gasteiger partial charge in [0, 0.05) is 6.20 Å². The predicted molar refractivity (Wildman–Crippen MR) is 92.7 cm³/mol. The molecule has 1 fully saturated rings. The van der Waals surface area contributed by atoms with Crippen LogP contribution in [-0.2, 0) is 21.4 Å². The summed E-state index contributed by atoms with van der Waals surface area (Å²) in [5, 5.41) is 6.83. The summed E-state index contributed by atoms with van der Waals surface area (Å²) in [6, 6.07) is 10.1. The maximum Gasteiger partial charge on any atom is 0.316 e. The number of likely N-dealkylation sites (tertiary alicyclic amines) is 1. The number of rotatable bonds is 6. The third kappa shape index (κ3) is 3.51. The predicted octanol–water partition coefficient (Wildman–Crippen LogP) is 2.55. The topological polar surface area (TPSA) is 58.2 Å². The Morgan fingerprint density at radius 2 is 2.04 bits per heavy atom. The fraction of sp³-hybridized carbons (Fsp3) is 0.474. The lowest BCUT2D eigenvalue weighted by atomic mass is 9.72. The van der Waals surface area contributed by atoms with E-state index in [4.69, 9.17) is 4.74 Å². The molecule has 0 bridgehead atoms. The van der Waals surface area contributed by atoms with Crippen LogP contribution in [0.5, 0.6) is 0 Å². The molecule has 0 spiro atoms. The van der Waals surface area contributed by atoms with Crippen LogP contribution in [0.1, 0.15) is 30.4 Å². The zero-order chi connectivity index (χ0) is 16.8. The number of methoxy groups -OCH3 is 1. The number of benzene rings is 1. The van der Waals surface area contributed by atoms with Gasteiger partial charge in [-0.15, -0.1) is 0 Å². The van der Waals surface area contributed by atoms with Gasteiger partial charge < -0.3 is 9.64 Å². The van der Waals surface area contributed by atoms with Crippen molar-refractivity contribution < 1.29 is 9.53 Å². The van der Waals surface area contributed by atoms with Crippen molar-refractivity contribution in [3.8, 4) is 0 Å². The zero-order valence-corrected chi connectivity index (χ0v) is 14.2. The van der Waals surface area contributed by atoms with Gasteiger partial charge in [-0.2, -0.15) is 5.10 Å². The molecule has 0 saturated carbocycles. The minimum absolute atomic E-state index is 0.105. The summed E-state index contributed by atoms with van der Waals surface area (Å²) in [4.78, 5) is 15.0. The van der Waals surface area contributed by atoms with E-state index in [0.717, 1.165) is 50.9 Å². The van der Waals surface area contributed by atoms with Crippen molar-refractivity contribution >= 4 is 5.97 Å². The van der Waals surface area contributed by atoms with E-state index in [1.54, 1.807) is 0 Å². The summed E-state index contributed by atoms with van der Waals surface area (Å²) in [7, 11) is 1.49. The van der Waals surface area contributed by atoms with E-state index in [1.165, 1.54) is 12.7 Å². The van der Waals surface area contributed by atoms with Crippen molar-refractivity contribution in [2.24, 2.45) is 0 Å². The van der Waals surface area contributed by atoms with Gasteiger partial charge in [0.1, 0.15) is 0 Å². The molecule has 3 rings (SSSR count). The third-order valence-corrected chi connectivity index (χ3v) is 5.11. The average Bonchev–Trinajstić information content (AvgIpc) is 3.16. The zero-order valence-electron chi connectivity index (χ0n) is 14.2. The molecule has 5 nitrogen and oxygen atoms in total. The van der Waals surface area contributed by atoms with Crippen molar-refractivity contribution in [1.82, 2.24) is 15.1 Å². The molecule has 2 aromatic rings. The molecule has 0 atom stereocenters. The standard InChI is InChI=1S/C19H25N3O2/c1-24-18(23)19(17-7-3-2-4-8-17)9-12-22(13-10-19)11-5-6-16-14-20-21-15-16/h2-4,7-8,14-15H,5-6,9-13H2,1H3,(H,20,21). The third-order valence-electron chi connectivity index (χ3n) is 5.11. The highest BCUT2D eigenvalue weighted by atomic mass is 16.5. The first kappa shape index (κ1) is 16.7. The minimum Gasteiger partial charge on any atom is -0.468 e. The van der Waals surface area contributed by atoms with Crippen molar-refractivity contribution in [1.29, 1.82) is 0 Å². The fourth-order valence-corrected chi connectivity index (χ4v) is 3.64. The van der Waals surface area contributed by atoms with Gasteiger partial charge in [-0.1, -0.05) is 30.3 Å². The summed E-state index contributed by atoms with van der Waals surface area (Å²) in [6.07, 6.45) is 7.61. The largest absolute Gasteiger partial charge is 0.468 e. The molecule has 128 valence electrons. The second-order valence-electron chi connectivity index (χ2n) is 6.49. The van der Waals surface area contributed by atoms with Crippen molar-refractivity contribution in [2.45, 2.75) is 31.1 Å². The Balaban J connectivity index is 1.59. The second-order valence-corrected chi connectivity index (χ2v) is 6.49. The maximum atomic E-state index is 12.5. The smallest absolute Gasteiger partial charge is 0.316 e. The normalized spacial score (nSPS) is 17.5. The first-order chi connectivity index (χ1) is 11.7. The van der Waals surface area contributed by atoms with Gasteiger partial charge in [-0.05, 0) is 56.4 Å². The number of aromatic nitrogens is 2. The summed E-state index contributed by atoms with van der Waals surface area (Å²) in [5.41, 5.74) is 1.84. The number of hydrogen-bond acceptors (Lipinski definition) is 4. The molecule has 0 radical (unpaired) electrons. The van der Waals surface area contributed by atoms with Gasteiger partial charge in [-0.25, -0.2) is 0 Å². The molecule has 1 aliphatic heterocycles. The van der Waals surface area contributed by atoms with Crippen LogP contribution in [0.4, 0.5) is 0 Å². The molecule has 2 heterocycles. The van der Waals surface area contributed by atoms with E-state index in [-0.39, 0.29) is 5.97 Å². The Bertz CT molecular complexity index is 632. The van der Waals surface area contributed by atoms with Gasteiger partial charge in [0.15, 0.2) is 0 Å². The molecular formula is C19H25N3O2. The molecule has 1 N–H and O–H groups in total. The van der Waals surface area contributed by atoms with Crippen LogP contribution in [0.2, 0.25) is 0 Å². The number of esters is 1. The number of ether oxygens (including phenoxy) is 1. The Morgan fingerprint density at radius 1 is 1.29 bits per heavy atom. The number of hydrogen-bond donors (Lipinski definition) is 1. The van der Waals surface area contributed by atoms with Gasteiger partial charge in [0.2, 0.25) is 0 Å². The summed E-state index contributed by atoms with van der Waals surface area (Å²) in [6.45, 7) is 2.90. The van der Waals surface area contributed by atoms with Crippen LogP contribution >= 0.6 is 0 Å². The highest BCUT2D eigenvalue weighted by molar-refractivity contribution is 5.83. The average molecular weight is 327 g/mol. The number of piperidine rings is 1. The van der Waals surface area contributed by atoms with E-state index in [9.17, 15) is 4.79 Å². The molecule has 1 aliphatic rings. The highest BCUT2D eigenvalue weighted by Gasteiger charge is 2.43. The molecule has 1 aromatic heterocycles. The van der Waals surface area contributed by atoms with E-state index < -0.39 is 5.41 Å². The molecule has 24 heavy (non-hydrogen) atoms. The molecule has 0 unspecified atom stereocenters. The van der Waals surface area contributed by atoms with Gasteiger partial charge in [-0.3, -0.25) is 9.89 Å². The van der Waals surface area contributed by atoms with Crippen LogP contribution in [0.3, 0.4) is 0 Å². The molecule has 1 saturated heterocycles. The quantitative estimate of drug-likeness (QED) is 0.829. The number of nitrogens with one attached hydrogen (secondary N) is 1. The maximum absolute atomic E-state index is 12.5. The highest BCUT2D eigenvalue weighted by Crippen LogP contribution is 2.36. The fourth-order valence-electron chi connectivity index (χ4n) is 3.64. The minimum atomic E-state index is -0.489. The Morgan fingerprint density at radius 3 is 2.67 bits per heavy atom. The number of carbonyl (C=O) groups excluding carboxylic acids is 1. The number of H-pyrrole nitrogens is 1. The Labute approximate surface area is 143 Å². The first-order valence-corrected chi connectivity index (χ1v) is 8.58. The Kier molecular flexibility index (Phi) is 5.30. The van der Waals surface area contributed by atoms with Gasteiger partial charge >= 0.3 is 5.97 Å². The summed E-state index contributed by atoms with van der Waals surface area (Å²) < 4.78 is 5.14. The summed E-state index contributed by atoms with van der Waals surface area (Å²) in [5.74, 6) is -0.105. The number of aromatic amines is 1. The SMILES string of the molecule is COC(=O)C1(c2ccccc2)CCN(CCCc2cn[nH]c2)CC1. The van der Waals surface area contributed by atoms with Gasteiger partial charge in [0.25, 0.3) is 0 Å². The molecule has 0 amide bonds. The monoisotopic (exact) mass is 327 g/mol. The van der Waals surface area contributed by atoms with E-state index in [0.29, 0.717) is 0 Å². The van der Waals surface area contributed by atoms with Crippen LogP contribution in [-0.4, -0.2) is 47.8 Å². The van der Waals surface area contributed by atoms with Crippen LogP contribution < -0.4 is 0 Å². The van der Waals surface area contributed by atoms with Crippen LogP contribution in [0.15, 0.2) is 42.7 Å². The van der Waals surface area contributed by atoms with Gasteiger partial charge in [0.05, 0.1) is 18.7 Å². The second kappa shape index (κ2) is 7.62. The van der Waals surface area contributed by atoms with Crippen LogP contribution in [0.25, 0.3) is 0 Å². The number of nitrogens with zero attached hydrogens (tertiary/aromatic N) is 2. The lowest BCUT2D eigenvalue weighted by Gasteiger charge is -2.40. The van der Waals surface area contributed by atoms with Crippen molar-refractivity contribution in [3.63, 3.8) is 0 Å². The Hall–Kier alpha value is -2.14. The van der Waals surface area contributed by atoms with Crippen molar-refractivity contribution in [3.05, 3.63) is 53.9 Å². The first-order valence-electron chi connectivity index (χ1n) is 8.58. The lowest BCUT2D eigenvalue weighted by Crippen LogP contribution is -2.48. The molecule has 5 heteroatoms. The lowest BCUT2D eigenvalue weighted by molar-refractivity contribution is -0.149. The van der Waals surface area contributed by atoms with Crippen molar-refractivity contribution in [2.75, 3.05) is 26.7 Å². The van der Waals surface area contributed by atoms with E-state index >= 15 is 0 Å². The van der Waals surface area contributed by atoms with Crippen LogP contribution in [0, 0.1) is 0 Å². The van der Waals surface area contributed by atoms with E-state index in [1.807, 2.05) is 42.7 Å².